The molecule has 3 heterocycles. The van der Waals surface area contributed by atoms with Gasteiger partial charge in [-0.15, -0.1) is 0 Å². The first-order valence-corrected chi connectivity index (χ1v) is 9.22. The van der Waals surface area contributed by atoms with Crippen LogP contribution in [-0.2, 0) is 12.7 Å². The van der Waals surface area contributed by atoms with E-state index in [1.54, 1.807) is 39.8 Å². The SMILES string of the molecule is C[C@@H](Cn1ccc(C(=O)N2CCN(c3ncc(C(F)(F)F)cn3)CC2)c1)NC(=O)O. The Hall–Kier alpha value is -3.31. The lowest BCUT2D eigenvalue weighted by Gasteiger charge is -2.34. The monoisotopic (exact) mass is 426 g/mol. The molecule has 12 heteroatoms. The lowest BCUT2D eigenvalue weighted by atomic mass is 10.2. The first kappa shape index (κ1) is 21.4. The summed E-state index contributed by atoms with van der Waals surface area (Å²) in [5.41, 5.74) is -0.422. The Morgan fingerprint density at radius 3 is 2.40 bits per heavy atom. The number of aromatic nitrogens is 3. The van der Waals surface area contributed by atoms with Crippen molar-refractivity contribution in [1.29, 1.82) is 0 Å². The fraction of sp³-hybridized carbons (Fsp3) is 0.444. The number of piperazine rings is 1. The highest BCUT2D eigenvalue weighted by molar-refractivity contribution is 5.94. The molecule has 3 rings (SSSR count). The molecule has 2 aromatic heterocycles. The third-order valence-corrected chi connectivity index (χ3v) is 4.67. The van der Waals surface area contributed by atoms with Gasteiger partial charge in [0.25, 0.3) is 5.91 Å². The smallest absolute Gasteiger partial charge is 0.419 e. The van der Waals surface area contributed by atoms with Gasteiger partial charge in [0.05, 0.1) is 11.1 Å². The number of amides is 2. The van der Waals surface area contributed by atoms with Crippen molar-refractivity contribution in [3.8, 4) is 0 Å². The molecule has 1 aliphatic heterocycles. The van der Waals surface area contributed by atoms with Crippen molar-refractivity contribution in [2.45, 2.75) is 25.7 Å². The van der Waals surface area contributed by atoms with E-state index >= 15 is 0 Å². The largest absolute Gasteiger partial charge is 0.465 e. The minimum absolute atomic E-state index is 0.166. The number of nitrogens with zero attached hydrogens (tertiary/aromatic N) is 5. The summed E-state index contributed by atoms with van der Waals surface area (Å²) < 4.78 is 39.6. The van der Waals surface area contributed by atoms with Gasteiger partial charge in [0.15, 0.2) is 0 Å². The number of anilines is 1. The predicted molar refractivity (Wildman–Crippen MR) is 100 cm³/mol. The van der Waals surface area contributed by atoms with E-state index < -0.39 is 17.8 Å². The number of carbonyl (C=O) groups excluding carboxylic acids is 1. The van der Waals surface area contributed by atoms with Gasteiger partial charge >= 0.3 is 12.3 Å². The summed E-state index contributed by atoms with van der Waals surface area (Å²) >= 11 is 0. The zero-order valence-electron chi connectivity index (χ0n) is 16.1. The Balaban J connectivity index is 1.55. The van der Waals surface area contributed by atoms with E-state index in [1.807, 2.05) is 0 Å². The number of nitrogens with one attached hydrogen (secondary N) is 1. The topological polar surface area (TPSA) is 104 Å². The van der Waals surface area contributed by atoms with E-state index in [0.717, 1.165) is 12.4 Å². The second-order valence-electron chi connectivity index (χ2n) is 7.00. The van der Waals surface area contributed by atoms with Crippen molar-refractivity contribution in [3.63, 3.8) is 0 Å². The molecule has 1 aliphatic rings. The molecule has 0 radical (unpaired) electrons. The number of halogens is 3. The molecule has 30 heavy (non-hydrogen) atoms. The molecule has 2 amide bonds. The van der Waals surface area contributed by atoms with Gasteiger partial charge in [-0.05, 0) is 13.0 Å². The van der Waals surface area contributed by atoms with E-state index in [-0.39, 0.29) is 17.9 Å². The first-order chi connectivity index (χ1) is 14.1. The standard InChI is InChI=1S/C18H21F3N6O3/c1-12(24-17(29)30)10-25-3-2-13(11-25)15(28)26-4-6-27(7-5-26)16-22-8-14(9-23-16)18(19,20)21/h2-3,8-9,11-12,24H,4-7,10H2,1H3,(H,29,30)/t12-/m0/s1. The first-order valence-electron chi connectivity index (χ1n) is 9.22. The lowest BCUT2D eigenvalue weighted by molar-refractivity contribution is -0.138. The van der Waals surface area contributed by atoms with Crippen LogP contribution in [0.15, 0.2) is 30.9 Å². The highest BCUT2D eigenvalue weighted by Gasteiger charge is 2.32. The number of alkyl halides is 3. The van der Waals surface area contributed by atoms with Crippen LogP contribution in [0.4, 0.5) is 23.9 Å². The van der Waals surface area contributed by atoms with Crippen LogP contribution < -0.4 is 10.2 Å². The second-order valence-corrected chi connectivity index (χ2v) is 7.00. The van der Waals surface area contributed by atoms with Crippen molar-refractivity contribution in [2.24, 2.45) is 0 Å². The molecule has 0 unspecified atom stereocenters. The second kappa shape index (κ2) is 8.59. The van der Waals surface area contributed by atoms with E-state index in [4.69, 9.17) is 5.11 Å². The predicted octanol–water partition coefficient (Wildman–Crippen LogP) is 1.92. The number of rotatable bonds is 5. The third kappa shape index (κ3) is 5.19. The Labute approximate surface area is 170 Å². The van der Waals surface area contributed by atoms with Crippen molar-refractivity contribution < 1.29 is 27.9 Å². The molecule has 0 aliphatic carbocycles. The summed E-state index contributed by atoms with van der Waals surface area (Å²) in [5, 5.41) is 11.1. The van der Waals surface area contributed by atoms with Gasteiger partial charge in [-0.1, -0.05) is 0 Å². The van der Waals surface area contributed by atoms with Crippen molar-refractivity contribution in [1.82, 2.24) is 24.8 Å². The molecule has 0 bridgehead atoms. The van der Waals surface area contributed by atoms with Crippen molar-refractivity contribution >= 4 is 17.9 Å². The summed E-state index contributed by atoms with van der Waals surface area (Å²) in [6.07, 6.45) is -0.721. The van der Waals surface area contributed by atoms with E-state index in [0.29, 0.717) is 38.3 Å². The Morgan fingerprint density at radius 1 is 1.20 bits per heavy atom. The van der Waals surface area contributed by atoms with Crippen LogP contribution in [0.1, 0.15) is 22.8 Å². The molecule has 162 valence electrons. The van der Waals surface area contributed by atoms with Crippen LogP contribution in [0, 0.1) is 0 Å². The van der Waals surface area contributed by atoms with Gasteiger partial charge in [0.2, 0.25) is 5.95 Å². The van der Waals surface area contributed by atoms with Crippen molar-refractivity contribution in [2.75, 3.05) is 31.1 Å². The molecule has 1 fully saturated rings. The average Bonchev–Trinajstić information content (AvgIpc) is 3.14. The van der Waals surface area contributed by atoms with E-state index in [9.17, 15) is 22.8 Å². The number of carbonyl (C=O) groups is 2. The van der Waals surface area contributed by atoms with Gasteiger partial charge < -0.3 is 24.8 Å². The fourth-order valence-electron chi connectivity index (χ4n) is 3.18. The minimum Gasteiger partial charge on any atom is -0.465 e. The van der Waals surface area contributed by atoms with Gasteiger partial charge in [-0.25, -0.2) is 14.8 Å². The van der Waals surface area contributed by atoms with Crippen LogP contribution in [0.2, 0.25) is 0 Å². The summed E-state index contributed by atoms with van der Waals surface area (Å²) in [5.74, 6) is 0.0294. The Bertz CT molecular complexity index is 891. The molecule has 0 saturated carbocycles. The van der Waals surface area contributed by atoms with Gasteiger partial charge in [-0.3, -0.25) is 4.79 Å². The van der Waals surface area contributed by atoms with Crippen LogP contribution in [0.5, 0.6) is 0 Å². The summed E-state index contributed by atoms with van der Waals surface area (Å²) in [4.78, 5) is 34.3. The van der Waals surface area contributed by atoms with Gasteiger partial charge in [0.1, 0.15) is 0 Å². The molecule has 0 aromatic carbocycles. The number of hydrogen-bond donors (Lipinski definition) is 2. The molecule has 1 atom stereocenters. The molecule has 0 spiro atoms. The molecule has 2 aromatic rings. The molecular weight excluding hydrogens is 405 g/mol. The number of hydrogen-bond acceptors (Lipinski definition) is 5. The van der Waals surface area contributed by atoms with Crippen LogP contribution in [-0.4, -0.2) is 68.8 Å². The highest BCUT2D eigenvalue weighted by Crippen LogP contribution is 2.28. The molecule has 2 N–H and O–H groups in total. The van der Waals surface area contributed by atoms with Crippen LogP contribution in [0.25, 0.3) is 0 Å². The normalized spacial score (nSPS) is 15.7. The zero-order valence-corrected chi connectivity index (χ0v) is 16.1. The van der Waals surface area contributed by atoms with E-state index in [1.165, 1.54) is 0 Å². The maximum Gasteiger partial charge on any atom is 0.419 e. The van der Waals surface area contributed by atoms with Crippen LogP contribution in [0.3, 0.4) is 0 Å². The maximum absolute atomic E-state index is 12.7. The zero-order chi connectivity index (χ0) is 21.9. The summed E-state index contributed by atoms with van der Waals surface area (Å²) in [6, 6.07) is 1.35. The third-order valence-electron chi connectivity index (χ3n) is 4.67. The highest BCUT2D eigenvalue weighted by atomic mass is 19.4. The Kier molecular flexibility index (Phi) is 6.13. The summed E-state index contributed by atoms with van der Waals surface area (Å²) in [6.45, 7) is 3.67. The van der Waals surface area contributed by atoms with Crippen molar-refractivity contribution in [3.05, 3.63) is 42.0 Å². The molecular formula is C18H21F3N6O3. The maximum atomic E-state index is 12.7. The van der Waals surface area contributed by atoms with E-state index in [2.05, 4.69) is 15.3 Å². The lowest BCUT2D eigenvalue weighted by Crippen LogP contribution is -2.49. The average molecular weight is 426 g/mol. The minimum atomic E-state index is -4.48. The molecule has 1 saturated heterocycles. The van der Waals surface area contributed by atoms with Gasteiger partial charge in [0, 0.05) is 63.6 Å². The number of carboxylic acid groups (broad SMARTS) is 1. The Morgan fingerprint density at radius 2 is 1.83 bits per heavy atom. The quantitative estimate of drug-likeness (QED) is 0.757. The summed E-state index contributed by atoms with van der Waals surface area (Å²) in [7, 11) is 0. The van der Waals surface area contributed by atoms with Gasteiger partial charge in [-0.2, -0.15) is 13.2 Å². The van der Waals surface area contributed by atoms with Crippen LogP contribution >= 0.6 is 0 Å². The molecule has 9 nitrogen and oxygen atoms in total. The fourth-order valence-corrected chi connectivity index (χ4v) is 3.18.